The summed E-state index contributed by atoms with van der Waals surface area (Å²) < 4.78 is 44.8. The summed E-state index contributed by atoms with van der Waals surface area (Å²) in [6.45, 7) is 1.95. The van der Waals surface area contributed by atoms with Gasteiger partial charge in [0.1, 0.15) is 5.75 Å². The smallest absolute Gasteiger partial charge is 0.466 e. The fourth-order valence-electron chi connectivity index (χ4n) is 1.78. The maximum absolute atomic E-state index is 12.1. The lowest BCUT2D eigenvalue weighted by atomic mass is 10.2. The lowest BCUT2D eigenvalue weighted by Crippen LogP contribution is -2.17. The lowest BCUT2D eigenvalue weighted by Gasteiger charge is -2.09. The van der Waals surface area contributed by atoms with Gasteiger partial charge in [0.05, 0.1) is 18.7 Å². The van der Waals surface area contributed by atoms with Gasteiger partial charge in [-0.05, 0) is 31.2 Å². The number of nitrogens with zero attached hydrogens (tertiary/aromatic N) is 1. The average Bonchev–Trinajstić information content (AvgIpc) is 2.93. The van der Waals surface area contributed by atoms with E-state index in [0.29, 0.717) is 5.69 Å². The van der Waals surface area contributed by atoms with Gasteiger partial charge in [-0.1, -0.05) is 0 Å². The Labute approximate surface area is 144 Å². The van der Waals surface area contributed by atoms with Crippen LogP contribution >= 0.6 is 11.3 Å². The van der Waals surface area contributed by atoms with Crippen LogP contribution < -0.4 is 10.1 Å². The molecule has 6 nitrogen and oxygen atoms in total. The summed E-state index contributed by atoms with van der Waals surface area (Å²) in [5, 5.41) is 4.37. The molecule has 0 atom stereocenters. The van der Waals surface area contributed by atoms with Crippen molar-refractivity contribution < 1.29 is 32.2 Å². The predicted octanol–water partition coefficient (Wildman–Crippen LogP) is 3.40. The quantitative estimate of drug-likeness (QED) is 0.784. The second-order valence-corrected chi connectivity index (χ2v) is 5.51. The highest BCUT2D eigenvalue weighted by molar-refractivity contribution is 7.14. The van der Waals surface area contributed by atoms with Crippen LogP contribution in [0.4, 0.5) is 18.3 Å². The number of anilines is 1. The van der Waals surface area contributed by atoms with E-state index in [4.69, 9.17) is 4.74 Å². The second kappa shape index (κ2) is 7.97. The van der Waals surface area contributed by atoms with Crippen LogP contribution in [0.5, 0.6) is 5.75 Å². The Morgan fingerprint density at radius 2 is 1.92 bits per heavy atom. The molecule has 1 aromatic carbocycles. The summed E-state index contributed by atoms with van der Waals surface area (Å²) in [4.78, 5) is 27.5. The third-order valence-electron chi connectivity index (χ3n) is 2.75. The Bertz CT molecular complexity index is 744. The number of aromatic nitrogens is 1. The van der Waals surface area contributed by atoms with Crippen LogP contribution in [0.3, 0.4) is 0 Å². The summed E-state index contributed by atoms with van der Waals surface area (Å²) in [6.07, 6.45) is -4.80. The number of carbonyl (C=O) groups excluding carboxylic acids is 2. The highest BCUT2D eigenvalue weighted by Crippen LogP contribution is 2.23. The number of hydrogen-bond acceptors (Lipinski definition) is 6. The van der Waals surface area contributed by atoms with Gasteiger partial charge in [0.25, 0.3) is 5.91 Å². The van der Waals surface area contributed by atoms with Gasteiger partial charge in [-0.3, -0.25) is 14.9 Å². The Hall–Kier alpha value is -2.62. The van der Waals surface area contributed by atoms with Gasteiger partial charge in [0.2, 0.25) is 0 Å². The van der Waals surface area contributed by atoms with E-state index in [2.05, 4.69) is 15.0 Å². The van der Waals surface area contributed by atoms with E-state index in [9.17, 15) is 22.8 Å². The van der Waals surface area contributed by atoms with Crippen molar-refractivity contribution >= 4 is 28.3 Å². The molecule has 1 amide bonds. The van der Waals surface area contributed by atoms with Crippen molar-refractivity contribution in [2.75, 3.05) is 11.9 Å². The third-order valence-corrected chi connectivity index (χ3v) is 3.56. The molecule has 0 saturated carbocycles. The van der Waals surface area contributed by atoms with E-state index >= 15 is 0 Å². The first-order chi connectivity index (χ1) is 11.8. The standard InChI is InChI=1S/C15H13F3N2O4S/c1-2-23-12(21)7-10-8-25-14(19-10)20-13(22)9-3-5-11(6-4-9)24-15(16,17)18/h3-6,8H,2,7H2,1H3,(H,19,20,22). The van der Waals surface area contributed by atoms with E-state index in [1.807, 2.05) is 0 Å². The molecule has 0 aliphatic carbocycles. The van der Waals surface area contributed by atoms with Crippen LogP contribution in [0, 0.1) is 0 Å². The second-order valence-electron chi connectivity index (χ2n) is 4.65. The molecule has 0 fully saturated rings. The topological polar surface area (TPSA) is 77.5 Å². The molecule has 0 spiro atoms. The number of benzene rings is 1. The largest absolute Gasteiger partial charge is 0.573 e. The molecule has 0 bridgehead atoms. The first-order valence-electron chi connectivity index (χ1n) is 7.04. The molecule has 0 unspecified atom stereocenters. The molecule has 0 radical (unpaired) electrons. The third kappa shape index (κ3) is 6.07. The maximum atomic E-state index is 12.1. The molecule has 0 saturated heterocycles. The Balaban J connectivity index is 1.95. The van der Waals surface area contributed by atoms with E-state index in [1.54, 1.807) is 12.3 Å². The molecule has 2 aromatic rings. The molecule has 25 heavy (non-hydrogen) atoms. The number of nitrogens with one attached hydrogen (secondary N) is 1. The van der Waals surface area contributed by atoms with Crippen LogP contribution in [0.15, 0.2) is 29.6 Å². The first-order valence-corrected chi connectivity index (χ1v) is 7.92. The summed E-state index contributed by atoms with van der Waals surface area (Å²) >= 11 is 1.12. The van der Waals surface area contributed by atoms with Gasteiger partial charge in [-0.25, -0.2) is 4.98 Å². The van der Waals surface area contributed by atoms with Crippen LogP contribution in [-0.4, -0.2) is 29.8 Å². The molecule has 1 aromatic heterocycles. The number of ether oxygens (including phenoxy) is 2. The van der Waals surface area contributed by atoms with Crippen molar-refractivity contribution in [3.05, 3.63) is 40.9 Å². The van der Waals surface area contributed by atoms with Crippen molar-refractivity contribution in [2.24, 2.45) is 0 Å². The van der Waals surface area contributed by atoms with Gasteiger partial charge < -0.3 is 9.47 Å². The van der Waals surface area contributed by atoms with E-state index in [1.165, 1.54) is 12.1 Å². The predicted molar refractivity (Wildman–Crippen MR) is 83.5 cm³/mol. The summed E-state index contributed by atoms with van der Waals surface area (Å²) in [7, 11) is 0. The molecular formula is C15H13F3N2O4S. The first kappa shape index (κ1) is 18.7. The van der Waals surface area contributed by atoms with Crippen molar-refractivity contribution in [3.8, 4) is 5.75 Å². The number of rotatable bonds is 6. The van der Waals surface area contributed by atoms with Gasteiger partial charge in [-0.2, -0.15) is 0 Å². The molecule has 134 valence electrons. The average molecular weight is 374 g/mol. The molecule has 1 N–H and O–H groups in total. The SMILES string of the molecule is CCOC(=O)Cc1csc(NC(=O)c2ccc(OC(F)(F)F)cc2)n1. The number of thiazole rings is 1. The van der Waals surface area contributed by atoms with Crippen molar-refractivity contribution in [2.45, 2.75) is 19.7 Å². The molecule has 0 aliphatic heterocycles. The fourth-order valence-corrected chi connectivity index (χ4v) is 2.49. The van der Waals surface area contributed by atoms with Gasteiger partial charge in [-0.15, -0.1) is 24.5 Å². The number of amides is 1. The molecule has 10 heteroatoms. The minimum absolute atomic E-state index is 0.0102. The minimum Gasteiger partial charge on any atom is -0.466 e. The highest BCUT2D eigenvalue weighted by Gasteiger charge is 2.31. The number of carbonyl (C=O) groups is 2. The lowest BCUT2D eigenvalue weighted by molar-refractivity contribution is -0.274. The van der Waals surface area contributed by atoms with Crippen LogP contribution in [0.25, 0.3) is 0 Å². The van der Waals surface area contributed by atoms with Crippen LogP contribution in [0.2, 0.25) is 0 Å². The van der Waals surface area contributed by atoms with E-state index in [0.717, 1.165) is 23.5 Å². The van der Waals surface area contributed by atoms with Crippen LogP contribution in [0.1, 0.15) is 23.0 Å². The van der Waals surface area contributed by atoms with Gasteiger partial charge in [0.15, 0.2) is 5.13 Å². The minimum atomic E-state index is -4.79. The summed E-state index contributed by atoms with van der Waals surface area (Å²) in [5.74, 6) is -1.39. The zero-order valence-corrected chi connectivity index (χ0v) is 13.7. The Morgan fingerprint density at radius 3 is 2.52 bits per heavy atom. The highest BCUT2D eigenvalue weighted by atomic mass is 32.1. The zero-order valence-electron chi connectivity index (χ0n) is 12.9. The van der Waals surface area contributed by atoms with E-state index < -0.39 is 24.0 Å². The Morgan fingerprint density at radius 1 is 1.24 bits per heavy atom. The number of halogens is 3. The van der Waals surface area contributed by atoms with E-state index in [-0.39, 0.29) is 23.7 Å². The molecule has 2 rings (SSSR count). The molecular weight excluding hydrogens is 361 g/mol. The monoisotopic (exact) mass is 374 g/mol. The van der Waals surface area contributed by atoms with Crippen molar-refractivity contribution in [1.29, 1.82) is 0 Å². The van der Waals surface area contributed by atoms with Gasteiger partial charge >= 0.3 is 12.3 Å². The van der Waals surface area contributed by atoms with Gasteiger partial charge in [0, 0.05) is 10.9 Å². The number of esters is 1. The van der Waals surface area contributed by atoms with Crippen molar-refractivity contribution in [3.63, 3.8) is 0 Å². The summed E-state index contributed by atoms with van der Waals surface area (Å²) in [6, 6.07) is 4.47. The fraction of sp³-hybridized carbons (Fsp3) is 0.267. The van der Waals surface area contributed by atoms with Crippen molar-refractivity contribution in [1.82, 2.24) is 4.98 Å². The number of alkyl halides is 3. The Kier molecular flexibility index (Phi) is 5.97. The number of hydrogen-bond donors (Lipinski definition) is 1. The maximum Gasteiger partial charge on any atom is 0.573 e. The summed E-state index contributed by atoms with van der Waals surface area (Å²) in [5.41, 5.74) is 0.587. The van der Waals surface area contributed by atoms with Crippen LogP contribution in [-0.2, 0) is 16.0 Å². The molecule has 1 heterocycles. The zero-order chi connectivity index (χ0) is 18.4. The molecule has 0 aliphatic rings. The normalized spacial score (nSPS) is 11.0.